The Morgan fingerprint density at radius 3 is 2.38 bits per heavy atom. The summed E-state index contributed by atoms with van der Waals surface area (Å²) in [5.74, 6) is 0.160. The molecule has 8 heteroatoms. The van der Waals surface area contributed by atoms with Crippen LogP contribution in [-0.4, -0.2) is 30.3 Å². The van der Waals surface area contributed by atoms with Crippen LogP contribution in [0, 0.1) is 0 Å². The van der Waals surface area contributed by atoms with Crippen LogP contribution in [-0.2, 0) is 0 Å². The van der Waals surface area contributed by atoms with Gasteiger partial charge >= 0.3 is 6.18 Å². The number of nitrogens with zero attached hydrogens (tertiary/aromatic N) is 1. The number of rotatable bonds is 7. The van der Waals surface area contributed by atoms with E-state index in [2.05, 4.69) is 15.0 Å². The van der Waals surface area contributed by atoms with E-state index in [1.165, 1.54) is 18.3 Å². The van der Waals surface area contributed by atoms with Crippen LogP contribution in [0.5, 0.6) is 11.6 Å². The number of hydrogen-bond acceptors (Lipinski definition) is 4. The van der Waals surface area contributed by atoms with Gasteiger partial charge in [-0.15, -0.1) is 0 Å². The molecule has 0 saturated heterocycles. The molecule has 0 bridgehead atoms. The van der Waals surface area contributed by atoms with E-state index in [4.69, 9.17) is 4.74 Å². The molecule has 0 fully saturated rings. The van der Waals surface area contributed by atoms with Gasteiger partial charge in [-0.1, -0.05) is 12.1 Å². The average Bonchev–Trinajstić information content (AvgIpc) is 2.60. The van der Waals surface area contributed by atoms with Crippen LogP contribution in [0.15, 0.2) is 42.6 Å². The molecule has 0 unspecified atom stereocenters. The lowest BCUT2D eigenvalue weighted by molar-refractivity contribution is -0.154. The molecule has 1 aromatic carbocycles. The number of carbonyl (C=O) groups excluding carboxylic acids is 1. The van der Waals surface area contributed by atoms with Crippen molar-refractivity contribution in [1.29, 1.82) is 0 Å². The van der Waals surface area contributed by atoms with E-state index in [9.17, 15) is 18.0 Å². The number of alkyl halides is 3. The topological polar surface area (TPSA) is 60.5 Å². The van der Waals surface area contributed by atoms with E-state index in [-0.39, 0.29) is 23.4 Å². The summed E-state index contributed by atoms with van der Waals surface area (Å²) in [5.41, 5.74) is 1.11. The number of hydrogen-bond donors (Lipinski definition) is 1. The van der Waals surface area contributed by atoms with Crippen LogP contribution in [0.3, 0.4) is 0 Å². The van der Waals surface area contributed by atoms with Crippen molar-refractivity contribution in [3.05, 3.63) is 53.7 Å². The van der Waals surface area contributed by atoms with Gasteiger partial charge in [-0.2, -0.15) is 13.2 Å². The van der Waals surface area contributed by atoms with Gasteiger partial charge in [0.25, 0.3) is 5.91 Å². The lowest BCUT2D eigenvalue weighted by atomic mass is 10.1. The first-order valence-electron chi connectivity index (χ1n) is 7.97. The summed E-state index contributed by atoms with van der Waals surface area (Å²) in [6.45, 7) is 2.85. The molecule has 0 aliphatic carbocycles. The highest BCUT2D eigenvalue weighted by atomic mass is 19.4. The molecule has 0 spiro atoms. The maximum Gasteiger partial charge on any atom is 0.422 e. The molecule has 0 radical (unpaired) electrons. The van der Waals surface area contributed by atoms with Crippen molar-refractivity contribution in [3.63, 3.8) is 0 Å². The molecule has 5 nitrogen and oxygen atoms in total. The first-order chi connectivity index (χ1) is 12.3. The highest BCUT2D eigenvalue weighted by Gasteiger charge is 2.28. The second-order valence-corrected chi connectivity index (χ2v) is 5.49. The molecule has 0 saturated carbocycles. The predicted octanol–water partition coefficient (Wildman–Crippen LogP) is 3.91. The van der Waals surface area contributed by atoms with Gasteiger partial charge in [0.15, 0.2) is 6.61 Å². The Kier molecular flexibility index (Phi) is 6.43. The van der Waals surface area contributed by atoms with Gasteiger partial charge in [-0.3, -0.25) is 4.79 Å². The summed E-state index contributed by atoms with van der Waals surface area (Å²) in [5, 5.41) is 2.80. The lowest BCUT2D eigenvalue weighted by Crippen LogP contribution is -2.26. The molecule has 2 rings (SSSR count). The van der Waals surface area contributed by atoms with Crippen molar-refractivity contribution < 1.29 is 27.4 Å². The summed E-state index contributed by atoms with van der Waals surface area (Å²) in [6.07, 6.45) is -3.27. The minimum atomic E-state index is -4.44. The van der Waals surface area contributed by atoms with Gasteiger partial charge in [0.05, 0.1) is 18.2 Å². The van der Waals surface area contributed by atoms with Crippen LogP contribution in [0.1, 0.15) is 35.8 Å². The van der Waals surface area contributed by atoms with Crippen molar-refractivity contribution in [2.24, 2.45) is 0 Å². The molecule has 26 heavy (non-hydrogen) atoms. The van der Waals surface area contributed by atoms with Gasteiger partial charge in [0, 0.05) is 12.3 Å². The Bertz CT molecular complexity index is 716. The van der Waals surface area contributed by atoms with E-state index < -0.39 is 12.8 Å². The van der Waals surface area contributed by atoms with Crippen LogP contribution in [0.4, 0.5) is 13.2 Å². The first kappa shape index (κ1) is 19.6. The maximum atomic E-state index is 12.2. The Hall–Kier alpha value is -2.77. The summed E-state index contributed by atoms with van der Waals surface area (Å²) in [6, 6.07) is 9.65. The van der Waals surface area contributed by atoms with Crippen molar-refractivity contribution >= 4 is 5.91 Å². The molecule has 0 aliphatic heterocycles. The molecule has 2 aromatic rings. The van der Waals surface area contributed by atoms with Crippen LogP contribution < -0.4 is 14.8 Å². The number of pyridine rings is 1. The third-order valence-corrected chi connectivity index (χ3v) is 3.42. The normalized spacial score (nSPS) is 12.3. The minimum Gasteiger partial charge on any atom is -0.494 e. The van der Waals surface area contributed by atoms with Crippen molar-refractivity contribution in [3.8, 4) is 11.6 Å². The average molecular weight is 368 g/mol. The maximum absolute atomic E-state index is 12.2. The van der Waals surface area contributed by atoms with E-state index in [1.807, 2.05) is 38.1 Å². The van der Waals surface area contributed by atoms with Crippen molar-refractivity contribution in [1.82, 2.24) is 10.3 Å². The van der Waals surface area contributed by atoms with Gasteiger partial charge in [-0.25, -0.2) is 4.98 Å². The number of nitrogens with one attached hydrogen (secondary N) is 1. The standard InChI is InChI=1S/C18H19F3N2O3/c1-3-25-15-7-4-13(5-8-15)12(2)23-17(24)14-6-9-16(22-10-14)26-11-18(19,20)21/h4-10,12H,3,11H2,1-2H3,(H,23,24)/t12-/m1/s1. The third-order valence-electron chi connectivity index (χ3n) is 3.42. The molecular weight excluding hydrogens is 349 g/mol. The van der Waals surface area contributed by atoms with Gasteiger partial charge in [0.1, 0.15) is 5.75 Å². The number of benzene rings is 1. The summed E-state index contributed by atoms with van der Waals surface area (Å²) in [7, 11) is 0. The van der Waals surface area contributed by atoms with E-state index in [1.54, 1.807) is 0 Å². The number of carbonyl (C=O) groups is 1. The second kappa shape index (κ2) is 8.55. The smallest absolute Gasteiger partial charge is 0.422 e. The lowest BCUT2D eigenvalue weighted by Gasteiger charge is -2.15. The molecule has 1 heterocycles. The van der Waals surface area contributed by atoms with Gasteiger partial charge in [0.2, 0.25) is 5.88 Å². The molecule has 1 N–H and O–H groups in total. The zero-order chi connectivity index (χ0) is 19.2. The largest absolute Gasteiger partial charge is 0.494 e. The van der Waals surface area contributed by atoms with E-state index in [0.717, 1.165) is 11.3 Å². The SMILES string of the molecule is CCOc1ccc([C@@H](C)NC(=O)c2ccc(OCC(F)(F)F)nc2)cc1. The van der Waals surface area contributed by atoms with Gasteiger partial charge < -0.3 is 14.8 Å². The fourth-order valence-electron chi connectivity index (χ4n) is 2.14. The number of aromatic nitrogens is 1. The predicted molar refractivity (Wildman–Crippen MR) is 89.3 cm³/mol. The third kappa shape index (κ3) is 5.94. The van der Waals surface area contributed by atoms with Crippen LogP contribution in [0.2, 0.25) is 0 Å². The fourth-order valence-corrected chi connectivity index (χ4v) is 2.14. The van der Waals surface area contributed by atoms with Crippen LogP contribution in [0.25, 0.3) is 0 Å². The number of amides is 1. The molecule has 0 aliphatic rings. The second-order valence-electron chi connectivity index (χ2n) is 5.49. The van der Waals surface area contributed by atoms with Crippen molar-refractivity contribution in [2.75, 3.05) is 13.2 Å². The Morgan fingerprint density at radius 2 is 1.85 bits per heavy atom. The zero-order valence-corrected chi connectivity index (χ0v) is 14.3. The first-order valence-corrected chi connectivity index (χ1v) is 7.97. The highest BCUT2D eigenvalue weighted by Crippen LogP contribution is 2.19. The fraction of sp³-hybridized carbons (Fsp3) is 0.333. The van der Waals surface area contributed by atoms with Gasteiger partial charge in [-0.05, 0) is 37.6 Å². The Morgan fingerprint density at radius 1 is 1.15 bits per heavy atom. The molecule has 140 valence electrons. The Labute approximate surface area is 149 Å². The quantitative estimate of drug-likeness (QED) is 0.805. The molecule has 1 amide bonds. The minimum absolute atomic E-state index is 0.196. The highest BCUT2D eigenvalue weighted by molar-refractivity contribution is 5.94. The number of halogens is 3. The van der Waals surface area contributed by atoms with Crippen LogP contribution >= 0.6 is 0 Å². The number of ether oxygens (including phenoxy) is 2. The zero-order valence-electron chi connectivity index (χ0n) is 14.3. The monoisotopic (exact) mass is 368 g/mol. The molecule has 1 atom stereocenters. The summed E-state index contributed by atoms with van der Waals surface area (Å²) >= 11 is 0. The molecular formula is C18H19F3N2O3. The Balaban J connectivity index is 1.94. The van der Waals surface area contributed by atoms with E-state index >= 15 is 0 Å². The molecule has 1 aromatic heterocycles. The van der Waals surface area contributed by atoms with Crippen molar-refractivity contribution in [2.45, 2.75) is 26.1 Å². The summed E-state index contributed by atoms with van der Waals surface area (Å²) < 4.78 is 46.2. The summed E-state index contributed by atoms with van der Waals surface area (Å²) in [4.78, 5) is 15.9. The van der Waals surface area contributed by atoms with E-state index in [0.29, 0.717) is 6.61 Å².